The molecule has 0 amide bonds. The number of hydrogen-bond donors (Lipinski definition) is 0. The Kier molecular flexibility index (Phi) is 3.40. The molecule has 0 radical (unpaired) electrons. The Morgan fingerprint density at radius 3 is 3.08 bits per heavy atom. The molecule has 2 heterocycles. The average molecular weight is 342 g/mol. The molecule has 24 heavy (non-hydrogen) atoms. The van der Waals surface area contributed by atoms with Crippen LogP contribution in [0.1, 0.15) is 18.4 Å². The molecule has 1 saturated carbocycles. The third-order valence-corrected chi connectivity index (χ3v) is 5.57. The summed E-state index contributed by atoms with van der Waals surface area (Å²) in [6.07, 6.45) is 3.22. The van der Waals surface area contributed by atoms with Crippen LogP contribution in [-0.2, 0) is 9.53 Å². The Morgan fingerprint density at radius 2 is 2.38 bits per heavy atom. The fraction of sp³-hybridized carbons (Fsp3) is 0.389. The van der Waals surface area contributed by atoms with Gasteiger partial charge in [-0.05, 0) is 37.0 Å². The molecule has 5 nitrogen and oxygen atoms in total. The molecule has 2 aromatic rings. The minimum atomic E-state index is -0.307. The fourth-order valence-corrected chi connectivity index (χ4v) is 4.12. The predicted octanol–water partition coefficient (Wildman–Crippen LogP) is 3.15. The number of esters is 1. The number of fused-ring (bicyclic) bond motifs is 2. The average Bonchev–Trinajstić information content (AvgIpc) is 3.34. The number of nitrogens with zero attached hydrogens (tertiary/aromatic N) is 3. The molecule has 0 spiro atoms. The van der Waals surface area contributed by atoms with Crippen LogP contribution in [0.5, 0.6) is 0 Å². The summed E-state index contributed by atoms with van der Waals surface area (Å²) in [4.78, 5) is 18.6. The van der Waals surface area contributed by atoms with Crippen molar-refractivity contribution < 1.29 is 9.53 Å². The lowest BCUT2D eigenvalue weighted by atomic mass is 9.94. The number of pyridine rings is 1. The first-order valence-corrected chi connectivity index (χ1v) is 8.28. The summed E-state index contributed by atoms with van der Waals surface area (Å²) >= 11 is 6.15. The Hall–Kier alpha value is -2.32. The van der Waals surface area contributed by atoms with Gasteiger partial charge in [0.05, 0.1) is 29.3 Å². The zero-order chi connectivity index (χ0) is 16.9. The van der Waals surface area contributed by atoms with Gasteiger partial charge in [-0.2, -0.15) is 5.26 Å². The molecule has 2 unspecified atom stereocenters. The molecule has 0 N–H and O–H groups in total. The quantitative estimate of drug-likeness (QED) is 0.785. The van der Waals surface area contributed by atoms with Crippen LogP contribution in [-0.4, -0.2) is 31.2 Å². The number of hydrogen-bond acceptors (Lipinski definition) is 5. The number of rotatable bonds is 2. The van der Waals surface area contributed by atoms with E-state index < -0.39 is 0 Å². The lowest BCUT2D eigenvalue weighted by Gasteiger charge is -2.33. The van der Waals surface area contributed by atoms with E-state index in [1.807, 2.05) is 12.1 Å². The molecular weight excluding hydrogens is 326 g/mol. The SMILES string of the molecule is COC(=O)C12CCN(c3c(C#N)cnc4ccc(Cl)cc34)CC1C2. The summed E-state index contributed by atoms with van der Waals surface area (Å²) in [6, 6.07) is 7.75. The molecule has 1 saturated heterocycles. The third-order valence-electron chi connectivity index (χ3n) is 5.33. The molecule has 6 heteroatoms. The van der Waals surface area contributed by atoms with Crippen LogP contribution in [0, 0.1) is 22.7 Å². The van der Waals surface area contributed by atoms with E-state index in [1.165, 1.54) is 7.11 Å². The fourth-order valence-electron chi connectivity index (χ4n) is 3.95. The number of aromatic nitrogens is 1. The van der Waals surface area contributed by atoms with Crippen molar-refractivity contribution in [1.82, 2.24) is 4.98 Å². The lowest BCUT2D eigenvalue weighted by molar-refractivity contribution is -0.148. The molecule has 0 bridgehead atoms. The first kappa shape index (κ1) is 15.2. The second-order valence-corrected chi connectivity index (χ2v) is 6.97. The Balaban J connectivity index is 1.74. The maximum atomic E-state index is 12.0. The molecule has 2 atom stereocenters. The highest BCUT2D eigenvalue weighted by Crippen LogP contribution is 2.59. The number of carbonyl (C=O) groups excluding carboxylic acids is 1. The van der Waals surface area contributed by atoms with Crippen LogP contribution in [0.15, 0.2) is 24.4 Å². The number of ether oxygens (including phenoxy) is 1. The van der Waals surface area contributed by atoms with Crippen molar-refractivity contribution in [2.45, 2.75) is 12.8 Å². The van der Waals surface area contributed by atoms with Gasteiger partial charge in [-0.3, -0.25) is 9.78 Å². The largest absolute Gasteiger partial charge is 0.469 e. The van der Waals surface area contributed by atoms with E-state index in [-0.39, 0.29) is 17.3 Å². The summed E-state index contributed by atoms with van der Waals surface area (Å²) in [6.45, 7) is 1.46. The van der Waals surface area contributed by atoms with Crippen LogP contribution in [0.2, 0.25) is 5.02 Å². The predicted molar refractivity (Wildman–Crippen MR) is 90.9 cm³/mol. The van der Waals surface area contributed by atoms with Crippen LogP contribution < -0.4 is 4.90 Å². The van der Waals surface area contributed by atoms with Crippen molar-refractivity contribution in [3.8, 4) is 6.07 Å². The van der Waals surface area contributed by atoms with E-state index in [0.29, 0.717) is 17.1 Å². The number of methoxy groups -OCH3 is 1. The second-order valence-electron chi connectivity index (χ2n) is 6.54. The van der Waals surface area contributed by atoms with Gasteiger partial charge in [-0.1, -0.05) is 11.6 Å². The van der Waals surface area contributed by atoms with Crippen LogP contribution in [0.25, 0.3) is 10.9 Å². The summed E-state index contributed by atoms with van der Waals surface area (Å²) in [5, 5.41) is 11.0. The van der Waals surface area contributed by atoms with Gasteiger partial charge in [0, 0.05) is 29.7 Å². The van der Waals surface area contributed by atoms with Gasteiger partial charge >= 0.3 is 5.97 Å². The molecule has 1 aliphatic heterocycles. The molecule has 1 aliphatic carbocycles. The molecule has 122 valence electrons. The molecule has 2 aliphatic rings. The lowest BCUT2D eigenvalue weighted by Crippen LogP contribution is -2.38. The van der Waals surface area contributed by atoms with E-state index in [4.69, 9.17) is 16.3 Å². The van der Waals surface area contributed by atoms with Gasteiger partial charge in [-0.15, -0.1) is 0 Å². The number of halogens is 1. The van der Waals surface area contributed by atoms with E-state index in [2.05, 4.69) is 16.0 Å². The van der Waals surface area contributed by atoms with Gasteiger partial charge in [0.2, 0.25) is 0 Å². The standard InChI is InChI=1S/C18H16ClN3O2/c1-24-17(23)18-4-5-22(10-12(18)7-18)16-11(8-20)9-21-15-3-2-13(19)6-14(15)16/h2-3,6,9,12H,4-5,7,10H2,1H3. The zero-order valence-corrected chi connectivity index (χ0v) is 14.0. The van der Waals surface area contributed by atoms with Crippen molar-refractivity contribution >= 4 is 34.2 Å². The minimum absolute atomic E-state index is 0.102. The molecule has 4 rings (SSSR count). The van der Waals surface area contributed by atoms with Crippen LogP contribution in [0.4, 0.5) is 5.69 Å². The van der Waals surface area contributed by atoms with Crippen LogP contribution >= 0.6 is 11.6 Å². The first-order valence-electron chi connectivity index (χ1n) is 7.91. The van der Waals surface area contributed by atoms with Crippen molar-refractivity contribution in [2.24, 2.45) is 11.3 Å². The number of piperidine rings is 1. The summed E-state index contributed by atoms with van der Waals surface area (Å²) < 4.78 is 4.97. The summed E-state index contributed by atoms with van der Waals surface area (Å²) in [7, 11) is 1.45. The molecule has 2 fully saturated rings. The van der Waals surface area contributed by atoms with Gasteiger partial charge < -0.3 is 9.64 Å². The normalized spacial score (nSPS) is 25.0. The summed E-state index contributed by atoms with van der Waals surface area (Å²) in [5.41, 5.74) is 1.92. The number of anilines is 1. The summed E-state index contributed by atoms with van der Waals surface area (Å²) in [5.74, 6) is 0.183. The Bertz CT molecular complexity index is 892. The second kappa shape index (κ2) is 5.35. The Morgan fingerprint density at radius 1 is 1.54 bits per heavy atom. The van der Waals surface area contributed by atoms with Crippen molar-refractivity contribution in [3.63, 3.8) is 0 Å². The highest BCUT2D eigenvalue weighted by atomic mass is 35.5. The Labute approximate surface area is 144 Å². The first-order chi connectivity index (χ1) is 11.6. The van der Waals surface area contributed by atoms with Gasteiger partial charge in [0.1, 0.15) is 6.07 Å². The topological polar surface area (TPSA) is 66.2 Å². The van der Waals surface area contributed by atoms with Gasteiger partial charge in [0.15, 0.2) is 0 Å². The van der Waals surface area contributed by atoms with Gasteiger partial charge in [-0.25, -0.2) is 0 Å². The third kappa shape index (κ3) is 2.14. The maximum Gasteiger partial charge on any atom is 0.312 e. The molecule has 1 aromatic heterocycles. The highest BCUT2D eigenvalue weighted by molar-refractivity contribution is 6.31. The van der Waals surface area contributed by atoms with Crippen molar-refractivity contribution in [2.75, 3.05) is 25.1 Å². The zero-order valence-electron chi connectivity index (χ0n) is 13.3. The highest BCUT2D eigenvalue weighted by Gasteiger charge is 2.62. The van der Waals surface area contributed by atoms with Gasteiger partial charge in [0.25, 0.3) is 0 Å². The van der Waals surface area contributed by atoms with Crippen molar-refractivity contribution in [3.05, 3.63) is 35.0 Å². The van der Waals surface area contributed by atoms with Crippen molar-refractivity contribution in [1.29, 1.82) is 5.26 Å². The van der Waals surface area contributed by atoms with Crippen LogP contribution in [0.3, 0.4) is 0 Å². The van der Waals surface area contributed by atoms with E-state index in [1.54, 1.807) is 12.3 Å². The maximum absolute atomic E-state index is 12.0. The van der Waals surface area contributed by atoms with E-state index in [9.17, 15) is 10.1 Å². The molecular formula is C18H16ClN3O2. The monoisotopic (exact) mass is 341 g/mol. The smallest absolute Gasteiger partial charge is 0.312 e. The number of nitriles is 1. The van der Waals surface area contributed by atoms with E-state index in [0.717, 1.165) is 36.0 Å². The minimum Gasteiger partial charge on any atom is -0.469 e. The van der Waals surface area contributed by atoms with E-state index >= 15 is 0 Å². The number of benzene rings is 1. The number of carbonyl (C=O) groups is 1. The molecule has 1 aromatic carbocycles.